The van der Waals surface area contributed by atoms with E-state index in [1.54, 1.807) is 0 Å². The minimum absolute atomic E-state index is 0.160. The monoisotopic (exact) mass is 215 g/mol. The van der Waals surface area contributed by atoms with Crippen molar-refractivity contribution in [1.29, 1.82) is 0 Å². The number of hydrogen-bond acceptors (Lipinski definition) is 1. The number of nitrogens with two attached hydrogens (primary N) is 1. The lowest BCUT2D eigenvalue weighted by Crippen LogP contribution is -2.46. The van der Waals surface area contributed by atoms with Gasteiger partial charge in [-0.1, -0.05) is 52.9 Å². The molecule has 0 amide bonds. The SMILES string of the molecule is CC(C)(C)C(F)(CN)CC1CCCCC1. The Hall–Kier alpha value is -0.110. The van der Waals surface area contributed by atoms with Crippen LogP contribution in [0.25, 0.3) is 0 Å². The lowest BCUT2D eigenvalue weighted by atomic mass is 9.70. The van der Waals surface area contributed by atoms with Crippen molar-refractivity contribution in [2.45, 2.75) is 65.0 Å². The molecule has 1 rings (SSSR count). The van der Waals surface area contributed by atoms with Gasteiger partial charge in [0.25, 0.3) is 0 Å². The van der Waals surface area contributed by atoms with Crippen LogP contribution in [0.4, 0.5) is 4.39 Å². The van der Waals surface area contributed by atoms with Crippen LogP contribution >= 0.6 is 0 Å². The van der Waals surface area contributed by atoms with Gasteiger partial charge in [0, 0.05) is 6.54 Å². The molecule has 0 spiro atoms. The molecule has 1 unspecified atom stereocenters. The quantitative estimate of drug-likeness (QED) is 0.763. The van der Waals surface area contributed by atoms with Gasteiger partial charge in [0.1, 0.15) is 5.67 Å². The zero-order chi connectivity index (χ0) is 11.5. The molecule has 0 aromatic heterocycles. The molecular formula is C13H26FN. The normalized spacial score (nSPS) is 23.8. The second-order valence-electron chi connectivity index (χ2n) is 6.13. The standard InChI is InChI=1S/C13H26FN/c1-12(2,3)13(14,10-15)9-11-7-5-4-6-8-11/h11H,4-10,15H2,1-3H3. The lowest BCUT2D eigenvalue weighted by Gasteiger charge is -2.40. The van der Waals surface area contributed by atoms with Crippen LogP contribution in [0.1, 0.15) is 59.3 Å². The Bertz CT molecular complexity index is 191. The van der Waals surface area contributed by atoms with Crippen LogP contribution in [0.15, 0.2) is 0 Å². The van der Waals surface area contributed by atoms with E-state index >= 15 is 0 Å². The van der Waals surface area contributed by atoms with E-state index in [9.17, 15) is 4.39 Å². The zero-order valence-electron chi connectivity index (χ0n) is 10.5. The molecule has 1 saturated carbocycles. The number of hydrogen-bond donors (Lipinski definition) is 1. The van der Waals surface area contributed by atoms with Gasteiger partial charge in [-0.25, -0.2) is 4.39 Å². The van der Waals surface area contributed by atoms with Gasteiger partial charge in [0.15, 0.2) is 0 Å². The fraction of sp³-hybridized carbons (Fsp3) is 1.00. The molecule has 0 saturated heterocycles. The van der Waals surface area contributed by atoms with Crippen molar-refractivity contribution in [2.24, 2.45) is 17.1 Å². The average Bonchev–Trinajstić information content (AvgIpc) is 2.17. The van der Waals surface area contributed by atoms with Crippen molar-refractivity contribution in [3.63, 3.8) is 0 Å². The highest BCUT2D eigenvalue weighted by atomic mass is 19.1. The summed E-state index contributed by atoms with van der Waals surface area (Å²) >= 11 is 0. The summed E-state index contributed by atoms with van der Waals surface area (Å²) in [5.41, 5.74) is 4.12. The first-order valence-corrected chi connectivity index (χ1v) is 6.28. The van der Waals surface area contributed by atoms with Crippen LogP contribution in [-0.2, 0) is 0 Å². The van der Waals surface area contributed by atoms with E-state index in [4.69, 9.17) is 5.73 Å². The first-order chi connectivity index (χ1) is 6.89. The van der Waals surface area contributed by atoms with Gasteiger partial charge >= 0.3 is 0 Å². The molecule has 1 nitrogen and oxygen atoms in total. The largest absolute Gasteiger partial charge is 0.328 e. The third-order valence-electron chi connectivity index (χ3n) is 4.00. The van der Waals surface area contributed by atoms with Gasteiger partial charge in [-0.15, -0.1) is 0 Å². The topological polar surface area (TPSA) is 26.0 Å². The average molecular weight is 215 g/mol. The van der Waals surface area contributed by atoms with Crippen LogP contribution in [0.3, 0.4) is 0 Å². The lowest BCUT2D eigenvalue weighted by molar-refractivity contribution is 0.00812. The predicted octanol–water partition coefficient (Wildman–Crippen LogP) is 3.67. The molecule has 0 aromatic carbocycles. The summed E-state index contributed by atoms with van der Waals surface area (Å²) in [6.45, 7) is 6.04. The fourth-order valence-electron chi connectivity index (χ4n) is 2.54. The Balaban J connectivity index is 2.58. The first-order valence-electron chi connectivity index (χ1n) is 6.28. The second-order valence-corrected chi connectivity index (χ2v) is 6.13. The highest BCUT2D eigenvalue weighted by Crippen LogP contribution is 2.41. The smallest absolute Gasteiger partial charge is 0.128 e. The number of rotatable bonds is 3. The number of halogens is 1. The van der Waals surface area contributed by atoms with Crippen molar-refractivity contribution < 1.29 is 4.39 Å². The van der Waals surface area contributed by atoms with Gasteiger partial charge < -0.3 is 5.73 Å². The van der Waals surface area contributed by atoms with Gasteiger partial charge in [0.05, 0.1) is 0 Å². The third-order valence-corrected chi connectivity index (χ3v) is 4.00. The summed E-state index contributed by atoms with van der Waals surface area (Å²) in [6, 6.07) is 0. The summed E-state index contributed by atoms with van der Waals surface area (Å²) in [6.07, 6.45) is 6.93. The molecule has 1 aliphatic rings. The summed E-state index contributed by atoms with van der Waals surface area (Å²) in [7, 11) is 0. The molecule has 90 valence electrons. The predicted molar refractivity (Wildman–Crippen MR) is 63.5 cm³/mol. The minimum Gasteiger partial charge on any atom is -0.328 e. The summed E-state index contributed by atoms with van der Waals surface area (Å²) in [4.78, 5) is 0. The van der Waals surface area contributed by atoms with E-state index in [-0.39, 0.29) is 12.0 Å². The summed E-state index contributed by atoms with van der Waals surface area (Å²) in [5, 5.41) is 0. The highest BCUT2D eigenvalue weighted by molar-refractivity contribution is 4.94. The van der Waals surface area contributed by atoms with Crippen LogP contribution < -0.4 is 5.73 Å². The number of alkyl halides is 1. The van der Waals surface area contributed by atoms with Crippen molar-refractivity contribution >= 4 is 0 Å². The molecule has 0 radical (unpaired) electrons. The van der Waals surface area contributed by atoms with Gasteiger partial charge in [-0.05, 0) is 17.8 Å². The Kier molecular flexibility index (Phi) is 4.16. The molecule has 0 aromatic rings. The second kappa shape index (κ2) is 4.82. The molecular weight excluding hydrogens is 189 g/mol. The maximum atomic E-state index is 14.7. The Labute approximate surface area is 93.6 Å². The highest BCUT2D eigenvalue weighted by Gasteiger charge is 2.42. The molecule has 0 bridgehead atoms. The van der Waals surface area contributed by atoms with Crippen molar-refractivity contribution in [3.05, 3.63) is 0 Å². The van der Waals surface area contributed by atoms with E-state index in [0.29, 0.717) is 12.3 Å². The molecule has 2 heteroatoms. The van der Waals surface area contributed by atoms with Crippen LogP contribution in [-0.4, -0.2) is 12.2 Å². The fourth-order valence-corrected chi connectivity index (χ4v) is 2.54. The molecule has 0 heterocycles. The molecule has 15 heavy (non-hydrogen) atoms. The van der Waals surface area contributed by atoms with E-state index < -0.39 is 5.67 Å². The third kappa shape index (κ3) is 3.17. The molecule has 1 atom stereocenters. The summed E-state index contributed by atoms with van der Waals surface area (Å²) in [5.74, 6) is 0.562. The van der Waals surface area contributed by atoms with Gasteiger partial charge in [-0.3, -0.25) is 0 Å². The Morgan fingerprint density at radius 3 is 2.07 bits per heavy atom. The first kappa shape index (κ1) is 13.0. The van der Waals surface area contributed by atoms with Crippen LogP contribution in [0.2, 0.25) is 0 Å². The van der Waals surface area contributed by atoms with E-state index in [0.717, 1.165) is 0 Å². The van der Waals surface area contributed by atoms with E-state index in [1.807, 2.05) is 20.8 Å². The van der Waals surface area contributed by atoms with Crippen molar-refractivity contribution in [1.82, 2.24) is 0 Å². The molecule has 0 aliphatic heterocycles. The molecule has 1 fully saturated rings. The van der Waals surface area contributed by atoms with Crippen molar-refractivity contribution in [2.75, 3.05) is 6.54 Å². The van der Waals surface area contributed by atoms with Gasteiger partial charge in [0.2, 0.25) is 0 Å². The molecule has 2 N–H and O–H groups in total. The maximum absolute atomic E-state index is 14.7. The van der Waals surface area contributed by atoms with E-state index in [1.165, 1.54) is 32.1 Å². The summed E-state index contributed by atoms with van der Waals surface area (Å²) < 4.78 is 14.7. The van der Waals surface area contributed by atoms with Gasteiger partial charge in [-0.2, -0.15) is 0 Å². The minimum atomic E-state index is -1.19. The molecule has 1 aliphatic carbocycles. The Morgan fingerprint density at radius 2 is 1.67 bits per heavy atom. The Morgan fingerprint density at radius 1 is 1.13 bits per heavy atom. The van der Waals surface area contributed by atoms with E-state index in [2.05, 4.69) is 0 Å². The van der Waals surface area contributed by atoms with Crippen molar-refractivity contribution in [3.8, 4) is 0 Å². The zero-order valence-corrected chi connectivity index (χ0v) is 10.5. The van der Waals surface area contributed by atoms with Crippen LogP contribution in [0.5, 0.6) is 0 Å². The maximum Gasteiger partial charge on any atom is 0.128 e. The van der Waals surface area contributed by atoms with Crippen LogP contribution in [0, 0.1) is 11.3 Å².